The molecule has 3 aliphatic rings. The molecular formula is C66H43N. The highest BCUT2D eigenvalue weighted by molar-refractivity contribution is 6.11. The van der Waals surface area contributed by atoms with Gasteiger partial charge in [-0.2, -0.15) is 0 Å². The molecule has 0 aromatic heterocycles. The molecule has 3 aliphatic carbocycles. The lowest BCUT2D eigenvalue weighted by molar-refractivity contribution is 0.775. The highest BCUT2D eigenvalue weighted by Crippen LogP contribution is 2.65. The SMILES string of the molecule is c1ccc(-c2cccc3c2-c2cc(N(c4ccccc4)c4ccc5c(c4)C4(c6ccccc6-c6ccccc64)c4ccccc4-5)c4ccccc4c2C3(c2ccccc2)c2ccccc2)cc1. The predicted molar refractivity (Wildman–Crippen MR) is 278 cm³/mol. The first-order chi connectivity index (χ1) is 33.3. The Bertz CT molecular complexity index is 3640. The van der Waals surface area contributed by atoms with Gasteiger partial charge in [-0.15, -0.1) is 0 Å². The second kappa shape index (κ2) is 14.5. The highest BCUT2D eigenvalue weighted by Gasteiger charge is 2.52. The Balaban J connectivity index is 1.10. The summed E-state index contributed by atoms with van der Waals surface area (Å²) in [6, 6.07) is 97.6. The van der Waals surface area contributed by atoms with E-state index in [9.17, 15) is 0 Å². The fourth-order valence-corrected chi connectivity index (χ4v) is 12.7. The van der Waals surface area contributed by atoms with Gasteiger partial charge in [-0.3, -0.25) is 0 Å². The van der Waals surface area contributed by atoms with Crippen molar-refractivity contribution in [2.24, 2.45) is 0 Å². The van der Waals surface area contributed by atoms with Crippen LogP contribution in [0.2, 0.25) is 0 Å². The number of para-hydroxylation sites is 1. The zero-order valence-corrected chi connectivity index (χ0v) is 36.8. The third-order valence-corrected chi connectivity index (χ3v) is 15.1. The molecule has 1 heteroatoms. The molecule has 11 aromatic carbocycles. The average Bonchev–Trinajstić information content (AvgIpc) is 4.00. The summed E-state index contributed by atoms with van der Waals surface area (Å²) in [5, 5.41) is 2.44. The zero-order valence-electron chi connectivity index (χ0n) is 36.8. The van der Waals surface area contributed by atoms with Crippen LogP contribution in [0.1, 0.15) is 44.5 Å². The highest BCUT2D eigenvalue weighted by atomic mass is 15.1. The van der Waals surface area contributed by atoms with E-state index in [1.807, 2.05) is 0 Å². The van der Waals surface area contributed by atoms with Crippen molar-refractivity contribution in [3.63, 3.8) is 0 Å². The van der Waals surface area contributed by atoms with Crippen LogP contribution in [0.3, 0.4) is 0 Å². The predicted octanol–water partition coefficient (Wildman–Crippen LogP) is 16.7. The van der Waals surface area contributed by atoms with E-state index >= 15 is 0 Å². The first kappa shape index (κ1) is 37.8. The Morgan fingerprint density at radius 1 is 0.269 bits per heavy atom. The molecule has 0 bridgehead atoms. The lowest BCUT2D eigenvalue weighted by Crippen LogP contribution is -2.29. The van der Waals surface area contributed by atoms with Crippen LogP contribution < -0.4 is 4.90 Å². The Morgan fingerprint density at radius 2 is 0.731 bits per heavy atom. The summed E-state index contributed by atoms with van der Waals surface area (Å²) in [6.07, 6.45) is 0. The van der Waals surface area contributed by atoms with Crippen molar-refractivity contribution in [2.75, 3.05) is 4.90 Å². The van der Waals surface area contributed by atoms with Crippen LogP contribution in [-0.2, 0) is 10.8 Å². The maximum atomic E-state index is 2.53. The second-order valence-corrected chi connectivity index (χ2v) is 18.2. The summed E-state index contributed by atoms with van der Waals surface area (Å²) < 4.78 is 0. The molecule has 1 nitrogen and oxygen atoms in total. The minimum absolute atomic E-state index is 0.466. The lowest BCUT2D eigenvalue weighted by atomic mass is 9.66. The zero-order chi connectivity index (χ0) is 44.1. The number of hydrogen-bond acceptors (Lipinski definition) is 1. The first-order valence-electron chi connectivity index (χ1n) is 23.4. The third-order valence-electron chi connectivity index (χ3n) is 15.1. The van der Waals surface area contributed by atoms with Gasteiger partial charge < -0.3 is 4.90 Å². The lowest BCUT2D eigenvalue weighted by Gasteiger charge is -2.36. The Hall–Kier alpha value is -8.52. The summed E-state index contributed by atoms with van der Waals surface area (Å²) in [5.74, 6) is 0. The summed E-state index contributed by atoms with van der Waals surface area (Å²) in [7, 11) is 0. The summed E-state index contributed by atoms with van der Waals surface area (Å²) in [5.41, 5.74) is 23.0. The van der Waals surface area contributed by atoms with Crippen molar-refractivity contribution in [3.05, 3.63) is 305 Å². The maximum Gasteiger partial charge on any atom is 0.0726 e. The van der Waals surface area contributed by atoms with Crippen LogP contribution in [0.15, 0.2) is 261 Å². The number of benzene rings is 11. The Morgan fingerprint density at radius 3 is 1.33 bits per heavy atom. The minimum atomic E-state index is -0.595. The summed E-state index contributed by atoms with van der Waals surface area (Å²) in [4.78, 5) is 2.53. The van der Waals surface area contributed by atoms with Gasteiger partial charge in [0.2, 0.25) is 0 Å². The Labute approximate surface area is 391 Å². The van der Waals surface area contributed by atoms with Crippen LogP contribution in [0.5, 0.6) is 0 Å². The van der Waals surface area contributed by atoms with E-state index in [0.29, 0.717) is 0 Å². The molecule has 0 heterocycles. The Kier molecular flexibility index (Phi) is 8.18. The quantitative estimate of drug-likeness (QED) is 0.161. The van der Waals surface area contributed by atoms with Crippen molar-refractivity contribution in [1.29, 1.82) is 0 Å². The molecule has 0 fully saturated rings. The molecule has 0 atom stereocenters. The summed E-state index contributed by atoms with van der Waals surface area (Å²) >= 11 is 0. The van der Waals surface area contributed by atoms with Gasteiger partial charge in [0.15, 0.2) is 0 Å². The van der Waals surface area contributed by atoms with E-state index in [2.05, 4.69) is 266 Å². The van der Waals surface area contributed by atoms with E-state index in [1.54, 1.807) is 0 Å². The van der Waals surface area contributed by atoms with E-state index in [1.165, 1.54) is 99.8 Å². The van der Waals surface area contributed by atoms with Crippen molar-refractivity contribution >= 4 is 27.8 Å². The molecule has 1 spiro atoms. The minimum Gasteiger partial charge on any atom is -0.310 e. The standard InChI is InChI=1S/C66H43N/c1-5-22-44(23-6-1)49-35-21-39-60-63(49)56-43-62(54-33-13-14-34-55(54)64(56)65(60,45-24-7-2-8-25-45)46-26-9-3-10-27-46)67(47-28-11-4-12-29-47)48-40-41-53-52-32-17-20-38-59(52)66(61(53)42-48)57-36-18-15-30-50(57)51-31-16-19-37-58(51)66/h1-43H. The van der Waals surface area contributed by atoms with Gasteiger partial charge in [-0.1, -0.05) is 231 Å². The van der Waals surface area contributed by atoms with Crippen LogP contribution in [0.4, 0.5) is 17.1 Å². The first-order valence-corrected chi connectivity index (χ1v) is 23.4. The normalized spacial score (nSPS) is 13.9. The van der Waals surface area contributed by atoms with Gasteiger partial charge >= 0.3 is 0 Å². The van der Waals surface area contributed by atoms with Gasteiger partial charge in [0.25, 0.3) is 0 Å². The monoisotopic (exact) mass is 849 g/mol. The van der Waals surface area contributed by atoms with Gasteiger partial charge in [-0.05, 0) is 125 Å². The molecule has 14 rings (SSSR count). The fraction of sp³-hybridized carbons (Fsp3) is 0.0303. The van der Waals surface area contributed by atoms with Crippen LogP contribution in [0.25, 0.3) is 55.3 Å². The van der Waals surface area contributed by atoms with Crippen molar-refractivity contribution in [1.82, 2.24) is 0 Å². The molecule has 0 saturated carbocycles. The van der Waals surface area contributed by atoms with Crippen molar-refractivity contribution < 1.29 is 0 Å². The van der Waals surface area contributed by atoms with Gasteiger partial charge in [0.05, 0.1) is 16.5 Å². The van der Waals surface area contributed by atoms with E-state index < -0.39 is 10.8 Å². The molecule has 0 N–H and O–H groups in total. The number of rotatable bonds is 6. The molecule has 0 aliphatic heterocycles. The molecule has 0 amide bonds. The van der Waals surface area contributed by atoms with Crippen molar-refractivity contribution in [2.45, 2.75) is 10.8 Å². The summed E-state index contributed by atoms with van der Waals surface area (Å²) in [6.45, 7) is 0. The number of nitrogens with zero attached hydrogens (tertiary/aromatic N) is 1. The molecule has 312 valence electrons. The molecule has 0 radical (unpaired) electrons. The average molecular weight is 850 g/mol. The van der Waals surface area contributed by atoms with E-state index in [0.717, 1.165) is 17.1 Å². The van der Waals surface area contributed by atoms with E-state index in [4.69, 9.17) is 0 Å². The van der Waals surface area contributed by atoms with E-state index in [-0.39, 0.29) is 0 Å². The smallest absolute Gasteiger partial charge is 0.0726 e. The van der Waals surface area contributed by atoms with Crippen LogP contribution in [0, 0.1) is 0 Å². The van der Waals surface area contributed by atoms with Crippen LogP contribution in [-0.4, -0.2) is 0 Å². The second-order valence-electron chi connectivity index (χ2n) is 18.2. The number of anilines is 3. The number of fused-ring (bicyclic) bond motifs is 15. The molecule has 67 heavy (non-hydrogen) atoms. The molecule has 0 saturated heterocycles. The third kappa shape index (κ3) is 5.09. The largest absolute Gasteiger partial charge is 0.310 e. The molecular weight excluding hydrogens is 807 g/mol. The molecule has 11 aromatic rings. The van der Waals surface area contributed by atoms with Crippen LogP contribution >= 0.6 is 0 Å². The maximum absolute atomic E-state index is 2.53. The van der Waals surface area contributed by atoms with Gasteiger partial charge in [0.1, 0.15) is 0 Å². The van der Waals surface area contributed by atoms with Gasteiger partial charge in [-0.25, -0.2) is 0 Å². The molecule has 0 unspecified atom stereocenters. The fourth-order valence-electron chi connectivity index (χ4n) is 12.7. The number of hydrogen-bond donors (Lipinski definition) is 0. The topological polar surface area (TPSA) is 3.24 Å². The van der Waals surface area contributed by atoms with Gasteiger partial charge in [0, 0.05) is 16.8 Å². The van der Waals surface area contributed by atoms with Crippen molar-refractivity contribution in [3.8, 4) is 44.5 Å².